The van der Waals surface area contributed by atoms with Gasteiger partial charge in [0.2, 0.25) is 0 Å². The summed E-state index contributed by atoms with van der Waals surface area (Å²) in [5.74, 6) is 0. The summed E-state index contributed by atoms with van der Waals surface area (Å²) in [5.41, 5.74) is 1.24. The van der Waals surface area contributed by atoms with E-state index < -0.39 is 10.2 Å². The molecule has 1 aromatic carbocycles. The Bertz CT molecular complexity index is 557. The highest BCUT2D eigenvalue weighted by Gasteiger charge is 2.10. The second kappa shape index (κ2) is 5.94. The fraction of sp³-hybridized carbons (Fsp3) is 0.333. The van der Waals surface area contributed by atoms with Crippen LogP contribution in [0, 0.1) is 0 Å². The third-order valence-electron chi connectivity index (χ3n) is 2.68. The van der Waals surface area contributed by atoms with Crippen LogP contribution in [0.15, 0.2) is 36.6 Å². The van der Waals surface area contributed by atoms with E-state index in [1.807, 2.05) is 12.1 Å². The summed E-state index contributed by atoms with van der Waals surface area (Å²) in [7, 11) is -3.74. The van der Waals surface area contributed by atoms with Gasteiger partial charge in [-0.3, -0.25) is 4.72 Å². The highest BCUT2D eigenvalue weighted by atomic mass is 32.2. The molecule has 4 N–H and O–H groups in total. The van der Waals surface area contributed by atoms with Crippen molar-refractivity contribution in [2.75, 3.05) is 16.6 Å². The standard InChI is InChI=1S/C12H17N3O3S/c13-19(16,17)15-11-5-3-4-10(8-11)14-9-12-6-1-2-7-18-12/h2-5,7-8,12,14-15H,1,6,9H2,(H2,13,16,17). The van der Waals surface area contributed by atoms with Gasteiger partial charge in [-0.15, -0.1) is 0 Å². The zero-order valence-corrected chi connectivity index (χ0v) is 11.2. The van der Waals surface area contributed by atoms with E-state index in [9.17, 15) is 8.42 Å². The third kappa shape index (κ3) is 4.80. The van der Waals surface area contributed by atoms with Gasteiger partial charge in [-0.05, 0) is 37.1 Å². The molecule has 0 amide bonds. The fourth-order valence-corrected chi connectivity index (χ4v) is 2.28. The largest absolute Gasteiger partial charge is 0.497 e. The molecule has 1 aliphatic heterocycles. The van der Waals surface area contributed by atoms with Crippen LogP contribution >= 0.6 is 0 Å². The lowest BCUT2D eigenvalue weighted by atomic mass is 10.1. The van der Waals surface area contributed by atoms with E-state index in [0.29, 0.717) is 12.2 Å². The van der Waals surface area contributed by atoms with E-state index in [0.717, 1.165) is 18.5 Å². The first-order valence-corrected chi connectivity index (χ1v) is 7.52. The molecule has 0 aliphatic carbocycles. The van der Waals surface area contributed by atoms with Crippen LogP contribution in [-0.4, -0.2) is 21.1 Å². The number of hydrogen-bond acceptors (Lipinski definition) is 4. The first-order valence-electron chi connectivity index (χ1n) is 5.98. The summed E-state index contributed by atoms with van der Waals surface area (Å²) in [5, 5.41) is 8.13. The van der Waals surface area contributed by atoms with Crippen LogP contribution in [-0.2, 0) is 14.9 Å². The maximum Gasteiger partial charge on any atom is 0.296 e. The van der Waals surface area contributed by atoms with Crippen LogP contribution in [0.4, 0.5) is 11.4 Å². The van der Waals surface area contributed by atoms with E-state index in [4.69, 9.17) is 9.88 Å². The zero-order valence-electron chi connectivity index (χ0n) is 10.4. The van der Waals surface area contributed by atoms with Crippen LogP contribution in [0.3, 0.4) is 0 Å². The molecule has 1 heterocycles. The van der Waals surface area contributed by atoms with Crippen LogP contribution < -0.4 is 15.2 Å². The molecule has 7 heteroatoms. The predicted octanol–water partition coefficient (Wildman–Crippen LogP) is 1.41. The number of anilines is 2. The highest BCUT2D eigenvalue weighted by molar-refractivity contribution is 7.90. The molecule has 0 fully saturated rings. The smallest absolute Gasteiger partial charge is 0.296 e. The number of hydrogen-bond donors (Lipinski definition) is 3. The molecule has 0 radical (unpaired) electrons. The van der Waals surface area contributed by atoms with Crippen molar-refractivity contribution in [3.8, 4) is 0 Å². The van der Waals surface area contributed by atoms with E-state index in [1.165, 1.54) is 0 Å². The predicted molar refractivity (Wildman–Crippen MR) is 74.9 cm³/mol. The molecule has 0 aromatic heterocycles. The summed E-state index contributed by atoms with van der Waals surface area (Å²) in [6.07, 6.45) is 5.83. The molecule has 0 saturated heterocycles. The second-order valence-electron chi connectivity index (χ2n) is 4.32. The van der Waals surface area contributed by atoms with Crippen molar-refractivity contribution in [2.24, 2.45) is 5.14 Å². The summed E-state index contributed by atoms with van der Waals surface area (Å²) in [6, 6.07) is 6.92. The Morgan fingerprint density at radius 2 is 2.16 bits per heavy atom. The minimum atomic E-state index is -3.74. The monoisotopic (exact) mass is 283 g/mol. The number of allylic oxidation sites excluding steroid dienone is 1. The lowest BCUT2D eigenvalue weighted by Crippen LogP contribution is -2.23. The fourth-order valence-electron chi connectivity index (χ4n) is 1.82. The Hall–Kier alpha value is -1.73. The van der Waals surface area contributed by atoms with Crippen molar-refractivity contribution in [3.63, 3.8) is 0 Å². The van der Waals surface area contributed by atoms with Crippen LogP contribution in [0.1, 0.15) is 12.8 Å². The van der Waals surface area contributed by atoms with Gasteiger partial charge in [-0.25, -0.2) is 5.14 Å². The SMILES string of the molecule is NS(=O)(=O)Nc1cccc(NCC2CCC=CO2)c1. The van der Waals surface area contributed by atoms with Crippen molar-refractivity contribution < 1.29 is 13.2 Å². The average molecular weight is 283 g/mol. The topological polar surface area (TPSA) is 93.5 Å². The summed E-state index contributed by atoms with van der Waals surface area (Å²) >= 11 is 0. The van der Waals surface area contributed by atoms with Gasteiger partial charge in [0, 0.05) is 5.69 Å². The maximum absolute atomic E-state index is 10.9. The van der Waals surface area contributed by atoms with Crippen molar-refractivity contribution >= 4 is 21.6 Å². The molecular weight excluding hydrogens is 266 g/mol. The number of rotatable bonds is 5. The molecule has 0 spiro atoms. The number of nitrogens with one attached hydrogen (secondary N) is 2. The Kier molecular flexibility index (Phi) is 4.28. The molecule has 1 atom stereocenters. The van der Waals surface area contributed by atoms with Crippen molar-refractivity contribution in [3.05, 3.63) is 36.6 Å². The van der Waals surface area contributed by atoms with E-state index in [2.05, 4.69) is 10.0 Å². The van der Waals surface area contributed by atoms with E-state index >= 15 is 0 Å². The molecule has 104 valence electrons. The minimum absolute atomic E-state index is 0.139. The lowest BCUT2D eigenvalue weighted by molar-refractivity contribution is 0.135. The van der Waals surface area contributed by atoms with Gasteiger partial charge in [0.05, 0.1) is 18.5 Å². The quantitative estimate of drug-likeness (QED) is 0.761. The van der Waals surface area contributed by atoms with E-state index in [1.54, 1.807) is 24.5 Å². The van der Waals surface area contributed by atoms with Crippen LogP contribution in [0.5, 0.6) is 0 Å². The first-order chi connectivity index (χ1) is 9.03. The van der Waals surface area contributed by atoms with Crippen LogP contribution in [0.25, 0.3) is 0 Å². The Morgan fingerprint density at radius 3 is 2.84 bits per heavy atom. The molecule has 2 rings (SSSR count). The Morgan fingerprint density at radius 1 is 1.37 bits per heavy atom. The van der Waals surface area contributed by atoms with Crippen molar-refractivity contribution in [2.45, 2.75) is 18.9 Å². The molecule has 0 saturated carbocycles. The number of ether oxygens (including phenoxy) is 1. The maximum atomic E-state index is 10.9. The van der Waals surface area contributed by atoms with Gasteiger partial charge in [-0.1, -0.05) is 6.07 Å². The first kappa shape index (κ1) is 13.7. The Balaban J connectivity index is 1.93. The summed E-state index contributed by atoms with van der Waals surface area (Å²) < 4.78 is 29.5. The van der Waals surface area contributed by atoms with Crippen LogP contribution in [0.2, 0.25) is 0 Å². The minimum Gasteiger partial charge on any atom is -0.497 e. The average Bonchev–Trinajstić information content (AvgIpc) is 2.36. The van der Waals surface area contributed by atoms with E-state index in [-0.39, 0.29) is 6.10 Å². The second-order valence-corrected chi connectivity index (χ2v) is 5.61. The molecule has 1 aromatic rings. The molecule has 1 aliphatic rings. The summed E-state index contributed by atoms with van der Waals surface area (Å²) in [4.78, 5) is 0. The van der Waals surface area contributed by atoms with Crippen molar-refractivity contribution in [1.82, 2.24) is 0 Å². The van der Waals surface area contributed by atoms with Gasteiger partial charge < -0.3 is 10.1 Å². The molecular formula is C12H17N3O3S. The van der Waals surface area contributed by atoms with Crippen molar-refractivity contribution in [1.29, 1.82) is 0 Å². The zero-order chi connectivity index (χ0) is 13.7. The van der Waals surface area contributed by atoms with Gasteiger partial charge in [0.15, 0.2) is 0 Å². The summed E-state index contributed by atoms with van der Waals surface area (Å²) in [6.45, 7) is 0.670. The molecule has 19 heavy (non-hydrogen) atoms. The Labute approximate surface area is 112 Å². The lowest BCUT2D eigenvalue weighted by Gasteiger charge is -2.20. The van der Waals surface area contributed by atoms with Gasteiger partial charge >= 0.3 is 0 Å². The number of benzene rings is 1. The number of nitrogens with two attached hydrogens (primary N) is 1. The van der Waals surface area contributed by atoms with Gasteiger partial charge in [0.25, 0.3) is 10.2 Å². The van der Waals surface area contributed by atoms with Gasteiger partial charge in [-0.2, -0.15) is 8.42 Å². The van der Waals surface area contributed by atoms with Gasteiger partial charge in [0.1, 0.15) is 6.10 Å². The normalized spacial score (nSPS) is 18.7. The molecule has 1 unspecified atom stereocenters. The third-order valence-corrected chi connectivity index (χ3v) is 3.20. The highest BCUT2D eigenvalue weighted by Crippen LogP contribution is 2.17. The molecule has 6 nitrogen and oxygen atoms in total. The molecule has 0 bridgehead atoms.